The molecular formula is C16H16FNO3S. The second kappa shape index (κ2) is 5.70. The highest BCUT2D eigenvalue weighted by molar-refractivity contribution is 7.89. The van der Waals surface area contributed by atoms with Gasteiger partial charge in [-0.15, -0.1) is 0 Å². The lowest BCUT2D eigenvalue weighted by Crippen LogP contribution is -2.36. The van der Waals surface area contributed by atoms with Gasteiger partial charge in [-0.1, -0.05) is 24.3 Å². The van der Waals surface area contributed by atoms with Gasteiger partial charge in [0.15, 0.2) is 0 Å². The summed E-state index contributed by atoms with van der Waals surface area (Å²) in [5.74, 6) is -0.447. The minimum absolute atomic E-state index is 0.130. The summed E-state index contributed by atoms with van der Waals surface area (Å²) in [6.45, 7) is 0.664. The average molecular weight is 321 g/mol. The minimum Gasteiger partial charge on any atom is -0.495 e. The van der Waals surface area contributed by atoms with Crippen molar-refractivity contribution in [2.24, 2.45) is 0 Å². The fourth-order valence-corrected chi connectivity index (χ4v) is 4.25. The fraction of sp³-hybridized carbons (Fsp3) is 0.250. The molecule has 0 saturated carbocycles. The van der Waals surface area contributed by atoms with Gasteiger partial charge in [0.05, 0.1) is 7.11 Å². The molecule has 0 aliphatic carbocycles. The quantitative estimate of drug-likeness (QED) is 0.873. The van der Waals surface area contributed by atoms with E-state index in [1.807, 2.05) is 24.3 Å². The van der Waals surface area contributed by atoms with Crippen molar-refractivity contribution in [3.8, 4) is 5.75 Å². The van der Waals surface area contributed by atoms with E-state index in [9.17, 15) is 12.8 Å². The first-order valence-electron chi connectivity index (χ1n) is 6.93. The van der Waals surface area contributed by atoms with Crippen molar-refractivity contribution in [1.82, 2.24) is 4.31 Å². The van der Waals surface area contributed by atoms with Crippen LogP contribution in [-0.2, 0) is 23.0 Å². The van der Waals surface area contributed by atoms with Crippen LogP contribution in [0.15, 0.2) is 47.4 Å². The van der Waals surface area contributed by atoms with E-state index in [-0.39, 0.29) is 17.2 Å². The molecule has 0 radical (unpaired) electrons. The maximum atomic E-state index is 13.5. The van der Waals surface area contributed by atoms with Crippen LogP contribution in [0, 0.1) is 5.82 Å². The highest BCUT2D eigenvalue weighted by Crippen LogP contribution is 2.30. The second-order valence-corrected chi connectivity index (χ2v) is 7.06. The van der Waals surface area contributed by atoms with Gasteiger partial charge < -0.3 is 4.74 Å². The summed E-state index contributed by atoms with van der Waals surface area (Å²) in [5.41, 5.74) is 2.13. The van der Waals surface area contributed by atoms with Crippen molar-refractivity contribution in [3.05, 3.63) is 59.4 Å². The maximum Gasteiger partial charge on any atom is 0.247 e. The van der Waals surface area contributed by atoms with Crippen LogP contribution in [0.3, 0.4) is 0 Å². The number of hydrogen-bond acceptors (Lipinski definition) is 3. The van der Waals surface area contributed by atoms with E-state index in [0.29, 0.717) is 13.0 Å². The first kappa shape index (κ1) is 15.0. The summed E-state index contributed by atoms with van der Waals surface area (Å²) in [5, 5.41) is 0. The molecule has 2 aromatic rings. The number of hydrogen-bond donors (Lipinski definition) is 0. The van der Waals surface area contributed by atoms with Crippen LogP contribution in [-0.4, -0.2) is 26.4 Å². The topological polar surface area (TPSA) is 46.6 Å². The highest BCUT2D eigenvalue weighted by atomic mass is 32.2. The zero-order valence-corrected chi connectivity index (χ0v) is 12.9. The van der Waals surface area contributed by atoms with Crippen LogP contribution in [0.2, 0.25) is 0 Å². The zero-order chi connectivity index (χ0) is 15.7. The van der Waals surface area contributed by atoms with Crippen LogP contribution in [0.5, 0.6) is 5.75 Å². The summed E-state index contributed by atoms with van der Waals surface area (Å²) in [6.07, 6.45) is 0.646. The molecule has 6 heteroatoms. The molecule has 0 unspecified atom stereocenters. The highest BCUT2D eigenvalue weighted by Gasteiger charge is 2.30. The van der Waals surface area contributed by atoms with Crippen LogP contribution in [0.1, 0.15) is 11.1 Å². The van der Waals surface area contributed by atoms with Gasteiger partial charge in [0.1, 0.15) is 16.5 Å². The van der Waals surface area contributed by atoms with Crippen LogP contribution in [0.4, 0.5) is 4.39 Å². The van der Waals surface area contributed by atoms with Crippen molar-refractivity contribution >= 4 is 10.0 Å². The van der Waals surface area contributed by atoms with E-state index in [2.05, 4.69) is 0 Å². The summed E-state index contributed by atoms with van der Waals surface area (Å²) < 4.78 is 45.5. The van der Waals surface area contributed by atoms with E-state index >= 15 is 0 Å². The van der Waals surface area contributed by atoms with Gasteiger partial charge in [-0.2, -0.15) is 4.31 Å². The molecule has 0 N–H and O–H groups in total. The Bertz CT molecular complexity index is 805. The Morgan fingerprint density at radius 3 is 2.59 bits per heavy atom. The molecular weight excluding hydrogens is 305 g/mol. The van der Waals surface area contributed by atoms with Crippen molar-refractivity contribution in [1.29, 1.82) is 0 Å². The maximum absolute atomic E-state index is 13.5. The molecule has 0 spiro atoms. The standard InChI is InChI=1S/C16H16FNO3S/c1-21-15-7-6-14(17)10-16(15)22(19,20)18-9-8-12-4-2-3-5-13(12)11-18/h2-7,10H,8-9,11H2,1H3. The van der Waals surface area contributed by atoms with E-state index in [4.69, 9.17) is 4.74 Å². The molecule has 0 fully saturated rings. The number of benzene rings is 2. The van der Waals surface area contributed by atoms with Crippen molar-refractivity contribution in [3.63, 3.8) is 0 Å². The third kappa shape index (κ3) is 2.60. The molecule has 1 heterocycles. The first-order valence-corrected chi connectivity index (χ1v) is 8.37. The normalized spacial score (nSPS) is 15.4. The van der Waals surface area contributed by atoms with Gasteiger partial charge in [0.25, 0.3) is 0 Å². The molecule has 116 valence electrons. The lowest BCUT2D eigenvalue weighted by Gasteiger charge is -2.28. The number of methoxy groups -OCH3 is 1. The van der Waals surface area contributed by atoms with Gasteiger partial charge in [0.2, 0.25) is 10.0 Å². The van der Waals surface area contributed by atoms with E-state index in [1.165, 1.54) is 23.5 Å². The summed E-state index contributed by atoms with van der Waals surface area (Å²) in [4.78, 5) is -0.130. The third-order valence-electron chi connectivity index (χ3n) is 3.84. The molecule has 0 aromatic heterocycles. The van der Waals surface area contributed by atoms with Crippen molar-refractivity contribution < 1.29 is 17.5 Å². The lowest BCUT2D eigenvalue weighted by atomic mass is 10.0. The number of nitrogens with zero attached hydrogens (tertiary/aromatic N) is 1. The Kier molecular flexibility index (Phi) is 3.88. The van der Waals surface area contributed by atoms with E-state index < -0.39 is 15.8 Å². The van der Waals surface area contributed by atoms with Crippen LogP contribution < -0.4 is 4.74 Å². The Balaban J connectivity index is 2.00. The summed E-state index contributed by atoms with van der Waals surface area (Å²) in [7, 11) is -2.43. The minimum atomic E-state index is -3.80. The Hall–Kier alpha value is -1.92. The number of halogens is 1. The molecule has 1 aliphatic rings. The fourth-order valence-electron chi connectivity index (χ4n) is 2.67. The van der Waals surface area contributed by atoms with Gasteiger partial charge in [-0.05, 0) is 35.7 Å². The molecule has 2 aromatic carbocycles. The largest absolute Gasteiger partial charge is 0.495 e. The summed E-state index contributed by atoms with van der Waals surface area (Å²) >= 11 is 0. The first-order chi connectivity index (χ1) is 10.5. The molecule has 0 amide bonds. The zero-order valence-electron chi connectivity index (χ0n) is 12.1. The molecule has 0 saturated heterocycles. The van der Waals surface area contributed by atoms with Gasteiger partial charge in [-0.3, -0.25) is 0 Å². The Morgan fingerprint density at radius 1 is 1.14 bits per heavy atom. The van der Waals surface area contributed by atoms with Gasteiger partial charge >= 0.3 is 0 Å². The van der Waals surface area contributed by atoms with Crippen molar-refractivity contribution in [2.45, 2.75) is 17.9 Å². The number of rotatable bonds is 3. The monoisotopic (exact) mass is 321 g/mol. The molecule has 4 nitrogen and oxygen atoms in total. The molecule has 0 atom stereocenters. The SMILES string of the molecule is COc1ccc(F)cc1S(=O)(=O)N1CCc2ccccc2C1. The Labute approximate surface area is 129 Å². The number of fused-ring (bicyclic) bond motifs is 1. The summed E-state index contributed by atoms with van der Waals surface area (Å²) in [6, 6.07) is 11.3. The molecule has 0 bridgehead atoms. The van der Waals surface area contributed by atoms with Gasteiger partial charge in [-0.25, -0.2) is 12.8 Å². The smallest absolute Gasteiger partial charge is 0.247 e. The number of sulfonamides is 1. The average Bonchev–Trinajstić information content (AvgIpc) is 2.54. The Morgan fingerprint density at radius 2 is 1.86 bits per heavy atom. The van der Waals surface area contributed by atoms with Crippen LogP contribution >= 0.6 is 0 Å². The second-order valence-electron chi connectivity index (χ2n) is 5.15. The third-order valence-corrected chi connectivity index (χ3v) is 5.71. The van der Waals surface area contributed by atoms with E-state index in [1.54, 1.807) is 0 Å². The molecule has 1 aliphatic heterocycles. The molecule has 22 heavy (non-hydrogen) atoms. The lowest BCUT2D eigenvalue weighted by molar-refractivity contribution is 0.376. The predicted molar refractivity (Wildman–Crippen MR) is 80.7 cm³/mol. The van der Waals surface area contributed by atoms with Gasteiger partial charge in [0, 0.05) is 13.1 Å². The van der Waals surface area contributed by atoms with E-state index in [0.717, 1.165) is 17.2 Å². The predicted octanol–water partition coefficient (Wildman–Crippen LogP) is 2.58. The number of ether oxygens (including phenoxy) is 1. The molecule has 3 rings (SSSR count). The van der Waals surface area contributed by atoms with Crippen LogP contribution in [0.25, 0.3) is 0 Å². The van der Waals surface area contributed by atoms with Crippen molar-refractivity contribution in [2.75, 3.05) is 13.7 Å².